The second-order valence-corrected chi connectivity index (χ2v) is 6.74. The average molecular weight is 339 g/mol. The third-order valence-electron chi connectivity index (χ3n) is 4.82. The lowest BCUT2D eigenvalue weighted by atomic mass is 10.1. The van der Waals surface area contributed by atoms with Gasteiger partial charge in [0.1, 0.15) is 0 Å². The summed E-state index contributed by atoms with van der Waals surface area (Å²) in [5.41, 5.74) is 2.30. The van der Waals surface area contributed by atoms with E-state index in [1.54, 1.807) is 6.92 Å². The molecule has 0 N–H and O–H groups in total. The molecule has 0 spiro atoms. The minimum absolute atomic E-state index is 0.0892. The fraction of sp³-hybridized carbons (Fsp3) is 0.125. The smallest absolute Gasteiger partial charge is 0.226 e. The second-order valence-electron chi connectivity index (χ2n) is 6.74. The number of hydrogen-bond donors (Lipinski definition) is 0. The fourth-order valence-electron chi connectivity index (χ4n) is 3.39. The Morgan fingerprint density at radius 1 is 0.654 bits per heavy atom. The monoisotopic (exact) mass is 339 g/mol. The van der Waals surface area contributed by atoms with Crippen molar-refractivity contribution < 1.29 is 4.79 Å². The Bertz CT molecular complexity index is 1000. The highest BCUT2D eigenvalue weighted by Gasteiger charge is 2.22. The molecule has 0 aliphatic carbocycles. The molecule has 0 saturated carbocycles. The summed E-state index contributed by atoms with van der Waals surface area (Å²) in [6, 6.07) is 29.4. The molecule has 1 amide bonds. The molecule has 26 heavy (non-hydrogen) atoms. The quantitative estimate of drug-likeness (QED) is 0.458. The molecule has 2 nitrogen and oxygen atoms in total. The van der Waals surface area contributed by atoms with Crippen LogP contribution in [0.1, 0.15) is 18.1 Å². The number of carbonyl (C=O) groups is 1. The van der Waals surface area contributed by atoms with E-state index in [-0.39, 0.29) is 5.91 Å². The van der Waals surface area contributed by atoms with E-state index in [1.807, 2.05) is 29.2 Å². The van der Waals surface area contributed by atoms with E-state index in [4.69, 9.17) is 0 Å². The number of hydrogen-bond acceptors (Lipinski definition) is 1. The number of rotatable bonds is 4. The van der Waals surface area contributed by atoms with E-state index in [2.05, 4.69) is 60.7 Å². The van der Waals surface area contributed by atoms with Gasteiger partial charge in [-0.05, 0) is 33.7 Å². The molecule has 0 aliphatic rings. The number of carbonyl (C=O) groups excluding carboxylic acids is 1. The Morgan fingerprint density at radius 2 is 1.08 bits per heavy atom. The molecule has 0 atom stereocenters. The molecule has 0 unspecified atom stereocenters. The molecule has 4 rings (SSSR count). The van der Waals surface area contributed by atoms with Crippen LogP contribution in [0.15, 0.2) is 84.9 Å². The Balaban J connectivity index is 1.59. The Labute approximate surface area is 153 Å². The first-order valence-electron chi connectivity index (χ1n) is 8.90. The van der Waals surface area contributed by atoms with E-state index in [1.165, 1.54) is 21.5 Å². The van der Waals surface area contributed by atoms with Gasteiger partial charge >= 0.3 is 5.91 Å². The second kappa shape index (κ2) is 7.11. The van der Waals surface area contributed by atoms with Crippen molar-refractivity contribution in [3.05, 3.63) is 96.1 Å². The summed E-state index contributed by atoms with van der Waals surface area (Å²) in [5.74, 6) is 0.0892. The lowest BCUT2D eigenvalue weighted by Crippen LogP contribution is -2.33. The molecule has 0 fully saturated rings. The van der Waals surface area contributed by atoms with Gasteiger partial charge in [0.05, 0.1) is 6.92 Å². The Morgan fingerprint density at radius 3 is 1.50 bits per heavy atom. The van der Waals surface area contributed by atoms with Crippen LogP contribution in [0.5, 0.6) is 0 Å². The Kier molecular flexibility index (Phi) is 4.51. The van der Waals surface area contributed by atoms with E-state index >= 15 is 0 Å². The predicted octanol–water partition coefficient (Wildman–Crippen LogP) is 5.38. The van der Waals surface area contributed by atoms with Crippen LogP contribution >= 0.6 is 0 Å². The van der Waals surface area contributed by atoms with Gasteiger partial charge in [0.2, 0.25) is 0 Å². The molecule has 0 aliphatic heterocycles. The molecule has 0 bridgehead atoms. The minimum Gasteiger partial charge on any atom is -0.226 e. The van der Waals surface area contributed by atoms with Crippen molar-refractivity contribution in [1.29, 1.82) is 0 Å². The van der Waals surface area contributed by atoms with E-state index in [9.17, 15) is 4.79 Å². The van der Waals surface area contributed by atoms with Crippen LogP contribution in [-0.2, 0) is 17.9 Å². The van der Waals surface area contributed by atoms with Gasteiger partial charge < -0.3 is 0 Å². The molecule has 4 aromatic rings. The summed E-state index contributed by atoms with van der Waals surface area (Å²) in [6.45, 7) is 2.88. The molecular weight excluding hydrogens is 318 g/mol. The van der Waals surface area contributed by atoms with Crippen LogP contribution < -0.4 is 4.90 Å². The highest BCUT2D eigenvalue weighted by atomic mass is 16.2. The lowest BCUT2D eigenvalue weighted by Gasteiger charge is -2.10. The van der Waals surface area contributed by atoms with Crippen LogP contribution in [0.25, 0.3) is 21.5 Å². The number of fused-ring (bicyclic) bond motifs is 2. The molecule has 1 radical (unpaired) electrons. The first-order valence-corrected chi connectivity index (χ1v) is 8.90. The zero-order valence-corrected chi connectivity index (χ0v) is 14.9. The van der Waals surface area contributed by atoms with E-state index in [0.717, 1.165) is 11.1 Å². The Hall–Kier alpha value is -2.97. The highest BCUT2D eigenvalue weighted by Crippen LogP contribution is 2.19. The zero-order valence-electron chi connectivity index (χ0n) is 14.9. The van der Waals surface area contributed by atoms with Crippen molar-refractivity contribution >= 4 is 27.5 Å². The highest BCUT2D eigenvalue weighted by molar-refractivity contribution is 5.84. The topological polar surface area (TPSA) is 23.0 Å². The molecule has 4 aromatic carbocycles. The maximum Gasteiger partial charge on any atom is 0.358 e. The van der Waals surface area contributed by atoms with Crippen molar-refractivity contribution in [3.63, 3.8) is 0 Å². The summed E-state index contributed by atoms with van der Waals surface area (Å²) in [5, 5.41) is 4.86. The number of nitrogens with zero attached hydrogens (tertiary/aromatic N) is 1. The minimum atomic E-state index is 0.0892. The van der Waals surface area contributed by atoms with Gasteiger partial charge in [-0.1, -0.05) is 77.7 Å². The molecule has 2 heteroatoms. The van der Waals surface area contributed by atoms with Gasteiger partial charge in [-0.15, -0.1) is 0 Å². The van der Waals surface area contributed by atoms with Gasteiger partial charge in [-0.2, -0.15) is 0 Å². The normalized spacial score (nSPS) is 11.3. The van der Waals surface area contributed by atoms with Crippen molar-refractivity contribution in [2.24, 2.45) is 0 Å². The van der Waals surface area contributed by atoms with Crippen LogP contribution in [0.2, 0.25) is 0 Å². The third-order valence-corrected chi connectivity index (χ3v) is 4.82. The van der Waals surface area contributed by atoms with Gasteiger partial charge in [-0.3, -0.25) is 0 Å². The number of amides is 1. The van der Waals surface area contributed by atoms with E-state index in [0.29, 0.717) is 13.1 Å². The standard InChI is InChI=1S/C24H21NO/c1-18(26)25(16-19-10-12-21-6-2-4-8-23(21)14-19)17-20-11-13-22-7-3-5-9-24(22)15-20/h2-15H,16-17H2,1H3/q+1. The van der Waals surface area contributed by atoms with E-state index < -0.39 is 0 Å². The maximum atomic E-state index is 12.2. The first-order chi connectivity index (χ1) is 12.7. The van der Waals surface area contributed by atoms with Gasteiger partial charge in [-0.25, -0.2) is 4.79 Å². The first kappa shape index (κ1) is 16.5. The van der Waals surface area contributed by atoms with Crippen LogP contribution in [0.3, 0.4) is 0 Å². The molecule has 0 saturated heterocycles. The molecule has 0 heterocycles. The summed E-state index contributed by atoms with van der Waals surface area (Å²) in [4.78, 5) is 14.1. The van der Waals surface area contributed by atoms with Crippen molar-refractivity contribution in [1.82, 2.24) is 4.90 Å². The lowest BCUT2D eigenvalue weighted by molar-refractivity contribution is -0.124. The summed E-state index contributed by atoms with van der Waals surface area (Å²) in [7, 11) is 0. The molecule has 0 aromatic heterocycles. The summed E-state index contributed by atoms with van der Waals surface area (Å²) < 4.78 is 0. The molecular formula is C24H21NO+. The van der Waals surface area contributed by atoms with Gasteiger partial charge in [0.25, 0.3) is 0 Å². The van der Waals surface area contributed by atoms with Gasteiger partial charge in [0, 0.05) is 11.1 Å². The van der Waals surface area contributed by atoms with Crippen LogP contribution in [0.4, 0.5) is 0 Å². The maximum absolute atomic E-state index is 12.2. The van der Waals surface area contributed by atoms with Crippen molar-refractivity contribution in [2.75, 3.05) is 0 Å². The van der Waals surface area contributed by atoms with Crippen LogP contribution in [-0.4, -0.2) is 5.91 Å². The zero-order chi connectivity index (χ0) is 17.9. The SMILES string of the molecule is CC(=O)[N+](Cc1ccc2ccccc2c1)Cc1ccc2ccccc2c1. The predicted molar refractivity (Wildman–Crippen MR) is 108 cm³/mol. The summed E-state index contributed by atoms with van der Waals surface area (Å²) in [6.07, 6.45) is 0. The largest absolute Gasteiger partial charge is 0.358 e. The summed E-state index contributed by atoms with van der Waals surface area (Å²) >= 11 is 0. The third kappa shape index (κ3) is 3.51. The average Bonchev–Trinajstić information content (AvgIpc) is 2.67. The van der Waals surface area contributed by atoms with Crippen molar-refractivity contribution in [2.45, 2.75) is 20.0 Å². The number of benzene rings is 4. The fourth-order valence-corrected chi connectivity index (χ4v) is 3.39. The van der Waals surface area contributed by atoms with Crippen molar-refractivity contribution in [3.8, 4) is 0 Å². The molecule has 127 valence electrons. The van der Waals surface area contributed by atoms with Crippen LogP contribution in [0, 0.1) is 0 Å². The van der Waals surface area contributed by atoms with Gasteiger partial charge in [0.15, 0.2) is 13.1 Å².